The van der Waals surface area contributed by atoms with Gasteiger partial charge in [-0.3, -0.25) is 4.79 Å². The molecule has 5 rings (SSSR count). The van der Waals surface area contributed by atoms with E-state index in [-0.39, 0.29) is 5.78 Å². The first-order valence-corrected chi connectivity index (χ1v) is 12.5. The van der Waals surface area contributed by atoms with Gasteiger partial charge >= 0.3 is 0 Å². The van der Waals surface area contributed by atoms with Gasteiger partial charge in [-0.25, -0.2) is 14.4 Å². The van der Waals surface area contributed by atoms with Crippen LogP contribution in [0.3, 0.4) is 0 Å². The molecule has 3 aromatic carbocycles. The van der Waals surface area contributed by atoms with Crippen LogP contribution in [0, 0.1) is 5.82 Å². The van der Waals surface area contributed by atoms with Gasteiger partial charge in [0.15, 0.2) is 11.6 Å². The maximum atomic E-state index is 14.5. The van der Waals surface area contributed by atoms with Crippen LogP contribution < -0.4 is 10.2 Å². The summed E-state index contributed by atoms with van der Waals surface area (Å²) in [5.74, 6) is -0.0605. The quantitative estimate of drug-likeness (QED) is 0.342. The van der Waals surface area contributed by atoms with Gasteiger partial charge in [-0.15, -0.1) is 0 Å². The third-order valence-corrected chi connectivity index (χ3v) is 6.66. The Balaban J connectivity index is 1.22. The molecule has 0 saturated carbocycles. The summed E-state index contributed by atoms with van der Waals surface area (Å²) in [6.45, 7) is 4.13. The average Bonchev–Trinajstić information content (AvgIpc) is 2.92. The van der Waals surface area contributed by atoms with Crippen LogP contribution in [0.15, 0.2) is 85.1 Å². The van der Waals surface area contributed by atoms with Crippen molar-refractivity contribution in [3.05, 3.63) is 113 Å². The minimum atomic E-state index is -0.458. The molecule has 0 aliphatic carbocycles. The Bertz CT molecular complexity index is 1340. The number of benzene rings is 3. The third-order valence-electron chi connectivity index (χ3n) is 6.66. The molecule has 1 saturated heterocycles. The second-order valence-corrected chi connectivity index (χ2v) is 9.41. The highest BCUT2D eigenvalue weighted by Crippen LogP contribution is 2.22. The highest BCUT2D eigenvalue weighted by atomic mass is 19.1. The summed E-state index contributed by atoms with van der Waals surface area (Å²) in [5, 5.41) is 3.18. The number of ketones is 1. The molecular weight excluding hydrogens is 465 g/mol. The molecule has 0 bridgehead atoms. The number of hydrogen-bond acceptors (Lipinski definition) is 6. The monoisotopic (exact) mass is 495 g/mol. The second kappa shape index (κ2) is 11.3. The number of nitrogens with one attached hydrogen (secondary N) is 1. The van der Waals surface area contributed by atoms with Gasteiger partial charge in [-0.2, -0.15) is 0 Å². The van der Waals surface area contributed by atoms with Crippen molar-refractivity contribution in [3.8, 4) is 0 Å². The average molecular weight is 496 g/mol. The maximum absolute atomic E-state index is 14.5. The number of rotatable bonds is 8. The first-order valence-electron chi connectivity index (χ1n) is 12.5. The second-order valence-electron chi connectivity index (χ2n) is 9.41. The lowest BCUT2D eigenvalue weighted by Gasteiger charge is -2.34. The molecule has 0 unspecified atom stereocenters. The number of piperazine rings is 1. The fourth-order valence-corrected chi connectivity index (χ4v) is 4.42. The molecule has 188 valence electrons. The molecule has 1 aromatic heterocycles. The lowest BCUT2D eigenvalue weighted by Crippen LogP contribution is -2.44. The fraction of sp³-hybridized carbons (Fsp3) is 0.233. The molecule has 37 heavy (non-hydrogen) atoms. The van der Waals surface area contributed by atoms with Crippen molar-refractivity contribution in [1.82, 2.24) is 14.9 Å². The number of hydrogen-bond donors (Lipinski definition) is 1. The first kappa shape index (κ1) is 24.6. The summed E-state index contributed by atoms with van der Waals surface area (Å²) in [6, 6.07) is 25.1. The van der Waals surface area contributed by atoms with Gasteiger partial charge < -0.3 is 15.1 Å². The van der Waals surface area contributed by atoms with E-state index in [0.29, 0.717) is 30.0 Å². The summed E-state index contributed by atoms with van der Waals surface area (Å²) < 4.78 is 14.5. The Morgan fingerprint density at radius 2 is 1.59 bits per heavy atom. The van der Waals surface area contributed by atoms with Crippen LogP contribution in [0.1, 0.15) is 27.2 Å². The standard InChI is InChI=1S/C30H30FN5O/c1-35-15-17-36(18-16-35)26-13-11-25(12-14-26)33-30-32-21-27(31)28(34-30)19-23-7-9-24(10-8-23)29(37)20-22-5-3-2-4-6-22/h2-14,21H,15-20H2,1H3,(H,32,33,34). The van der Waals surface area contributed by atoms with Crippen molar-refractivity contribution < 1.29 is 9.18 Å². The summed E-state index contributed by atoms with van der Waals surface area (Å²) in [6.07, 6.45) is 1.85. The Kier molecular flexibility index (Phi) is 7.51. The van der Waals surface area contributed by atoms with Gasteiger partial charge in [0.2, 0.25) is 5.95 Å². The van der Waals surface area contributed by atoms with Gasteiger partial charge in [-0.1, -0.05) is 54.6 Å². The molecule has 0 atom stereocenters. The molecule has 1 aliphatic rings. The Hall–Kier alpha value is -4.10. The van der Waals surface area contributed by atoms with Crippen molar-refractivity contribution in [1.29, 1.82) is 0 Å². The molecule has 6 nitrogen and oxygen atoms in total. The highest BCUT2D eigenvalue weighted by molar-refractivity contribution is 5.97. The van der Waals surface area contributed by atoms with Crippen molar-refractivity contribution >= 4 is 23.1 Å². The molecule has 0 amide bonds. The molecule has 1 N–H and O–H groups in total. The van der Waals surface area contributed by atoms with Gasteiger partial charge in [0.25, 0.3) is 0 Å². The molecular formula is C30H30FN5O. The Morgan fingerprint density at radius 1 is 0.892 bits per heavy atom. The van der Waals surface area contributed by atoms with Crippen LogP contribution in [-0.2, 0) is 12.8 Å². The number of aromatic nitrogens is 2. The van der Waals surface area contributed by atoms with Crippen LogP contribution in [0.4, 0.5) is 21.7 Å². The molecule has 7 heteroatoms. The summed E-state index contributed by atoms with van der Waals surface area (Å²) in [7, 11) is 2.14. The predicted octanol–water partition coefficient (Wildman–Crippen LogP) is 5.13. The number of nitrogens with zero attached hydrogens (tertiary/aromatic N) is 4. The van der Waals surface area contributed by atoms with Crippen LogP contribution >= 0.6 is 0 Å². The van der Waals surface area contributed by atoms with E-state index in [2.05, 4.69) is 44.3 Å². The molecule has 0 radical (unpaired) electrons. The van der Waals surface area contributed by atoms with Crippen LogP contribution in [0.5, 0.6) is 0 Å². The Labute approximate surface area is 216 Å². The van der Waals surface area contributed by atoms with Gasteiger partial charge in [0, 0.05) is 56.0 Å². The van der Waals surface area contributed by atoms with E-state index in [9.17, 15) is 9.18 Å². The number of likely N-dealkylation sites (N-methyl/N-ethyl adjacent to an activating group) is 1. The van der Waals surface area contributed by atoms with E-state index in [4.69, 9.17) is 0 Å². The highest BCUT2D eigenvalue weighted by Gasteiger charge is 2.14. The summed E-state index contributed by atoms with van der Waals surface area (Å²) in [5.41, 5.74) is 4.82. The molecule has 1 aliphatic heterocycles. The van der Waals surface area contributed by atoms with Gasteiger partial charge in [-0.05, 0) is 42.4 Å². The number of halogens is 1. The van der Waals surface area contributed by atoms with Crippen molar-refractivity contribution in [3.63, 3.8) is 0 Å². The smallest absolute Gasteiger partial charge is 0.227 e. The number of carbonyl (C=O) groups excluding carboxylic acids is 1. The lowest BCUT2D eigenvalue weighted by molar-refractivity contribution is 0.0993. The van der Waals surface area contributed by atoms with E-state index in [1.54, 1.807) is 12.1 Å². The zero-order valence-corrected chi connectivity index (χ0v) is 20.9. The van der Waals surface area contributed by atoms with Gasteiger partial charge in [0.05, 0.1) is 11.9 Å². The predicted molar refractivity (Wildman–Crippen MR) is 145 cm³/mol. The number of Topliss-reactive ketones (excluding diaryl/α,β-unsaturated/α-hetero) is 1. The van der Waals surface area contributed by atoms with Crippen molar-refractivity contribution in [2.45, 2.75) is 12.8 Å². The first-order chi connectivity index (χ1) is 18.0. The van der Waals surface area contributed by atoms with Gasteiger partial charge in [0.1, 0.15) is 0 Å². The SMILES string of the molecule is CN1CCN(c2ccc(Nc3ncc(F)c(Cc4ccc(C(=O)Cc5ccccc5)cc4)n3)cc2)CC1. The molecule has 1 fully saturated rings. The molecule has 4 aromatic rings. The minimum absolute atomic E-state index is 0.0519. The largest absolute Gasteiger partial charge is 0.369 e. The zero-order chi connectivity index (χ0) is 25.6. The van der Waals surface area contributed by atoms with Crippen molar-refractivity contribution in [2.75, 3.05) is 43.4 Å². The van der Waals surface area contributed by atoms with E-state index < -0.39 is 5.82 Å². The number of anilines is 3. The maximum Gasteiger partial charge on any atom is 0.227 e. The van der Waals surface area contributed by atoms with E-state index in [0.717, 1.165) is 43.0 Å². The van der Waals surface area contributed by atoms with E-state index >= 15 is 0 Å². The van der Waals surface area contributed by atoms with E-state index in [1.807, 2.05) is 54.6 Å². The third kappa shape index (κ3) is 6.37. The van der Waals surface area contributed by atoms with Crippen molar-refractivity contribution in [2.24, 2.45) is 0 Å². The minimum Gasteiger partial charge on any atom is -0.369 e. The normalized spacial score (nSPS) is 13.9. The summed E-state index contributed by atoms with van der Waals surface area (Å²) in [4.78, 5) is 25.8. The van der Waals surface area contributed by atoms with Crippen LogP contribution in [0.2, 0.25) is 0 Å². The topological polar surface area (TPSA) is 61.4 Å². The molecule has 2 heterocycles. The molecule has 0 spiro atoms. The lowest BCUT2D eigenvalue weighted by atomic mass is 10.0. The zero-order valence-electron chi connectivity index (χ0n) is 20.9. The van der Waals surface area contributed by atoms with Crippen LogP contribution in [-0.4, -0.2) is 53.9 Å². The van der Waals surface area contributed by atoms with E-state index in [1.165, 1.54) is 11.9 Å². The van der Waals surface area contributed by atoms with Crippen LogP contribution in [0.25, 0.3) is 0 Å². The summed E-state index contributed by atoms with van der Waals surface area (Å²) >= 11 is 0. The Morgan fingerprint density at radius 3 is 2.30 bits per heavy atom. The number of carbonyl (C=O) groups is 1. The fourth-order valence-electron chi connectivity index (χ4n) is 4.42.